The van der Waals surface area contributed by atoms with Gasteiger partial charge in [-0.05, 0) is 80.1 Å². The van der Waals surface area contributed by atoms with Crippen LogP contribution in [0, 0.1) is 13.8 Å². The Labute approximate surface area is 191 Å². The van der Waals surface area contributed by atoms with Crippen molar-refractivity contribution in [2.75, 3.05) is 14.2 Å². The summed E-state index contributed by atoms with van der Waals surface area (Å²) in [5.41, 5.74) is 5.03. The lowest BCUT2D eigenvalue weighted by molar-refractivity contribution is 0.0600. The molecule has 3 aromatic carbocycles. The molecule has 0 bridgehead atoms. The van der Waals surface area contributed by atoms with Gasteiger partial charge in [-0.2, -0.15) is 0 Å². The molecule has 0 aliphatic rings. The fourth-order valence-electron chi connectivity index (χ4n) is 3.70. The second-order valence-corrected chi connectivity index (χ2v) is 7.67. The van der Waals surface area contributed by atoms with Crippen LogP contribution in [0.15, 0.2) is 66.7 Å². The van der Waals surface area contributed by atoms with Crippen LogP contribution in [-0.4, -0.2) is 31.1 Å². The molecule has 0 spiro atoms. The molecule has 0 radical (unpaired) electrons. The number of aryl methyl sites for hydroxylation is 2. The molecule has 1 heterocycles. The number of fused-ring (bicyclic) bond motifs is 1. The molecule has 6 nitrogen and oxygen atoms in total. The van der Waals surface area contributed by atoms with Gasteiger partial charge in [-0.25, -0.2) is 14.6 Å². The fraction of sp³-hybridized carbons (Fsp3) is 0.148. The summed E-state index contributed by atoms with van der Waals surface area (Å²) in [4.78, 5) is 29.7. The Balaban J connectivity index is 1.77. The van der Waals surface area contributed by atoms with Gasteiger partial charge in [0.15, 0.2) is 0 Å². The van der Waals surface area contributed by atoms with Crippen LogP contribution in [0.1, 0.15) is 31.8 Å². The third-order valence-corrected chi connectivity index (χ3v) is 5.34. The van der Waals surface area contributed by atoms with Crippen LogP contribution in [0.25, 0.3) is 22.2 Å². The van der Waals surface area contributed by atoms with Crippen molar-refractivity contribution in [3.63, 3.8) is 0 Å². The average molecular weight is 441 g/mol. The first-order valence-corrected chi connectivity index (χ1v) is 10.4. The van der Waals surface area contributed by atoms with Crippen molar-refractivity contribution in [3.05, 3.63) is 89.0 Å². The number of hydrogen-bond donors (Lipinski definition) is 0. The number of carbonyl (C=O) groups excluding carboxylic acids is 2. The number of hydrogen-bond acceptors (Lipinski definition) is 6. The number of aromatic nitrogens is 1. The van der Waals surface area contributed by atoms with Crippen molar-refractivity contribution < 1.29 is 23.8 Å². The van der Waals surface area contributed by atoms with Crippen LogP contribution in [0.4, 0.5) is 0 Å². The number of benzene rings is 3. The summed E-state index contributed by atoms with van der Waals surface area (Å²) in [6.07, 6.45) is 0. The number of nitrogens with zero attached hydrogens (tertiary/aromatic N) is 1. The molecule has 0 fully saturated rings. The van der Waals surface area contributed by atoms with Gasteiger partial charge in [0.1, 0.15) is 11.5 Å². The largest absolute Gasteiger partial charge is 0.497 e. The zero-order chi connectivity index (χ0) is 23.5. The first-order valence-electron chi connectivity index (χ1n) is 10.4. The van der Waals surface area contributed by atoms with E-state index in [1.54, 1.807) is 37.4 Å². The zero-order valence-electron chi connectivity index (χ0n) is 18.8. The summed E-state index contributed by atoms with van der Waals surface area (Å²) < 4.78 is 15.6. The minimum atomic E-state index is -0.507. The van der Waals surface area contributed by atoms with Gasteiger partial charge in [0.25, 0.3) is 0 Å². The molecule has 166 valence electrons. The predicted octanol–water partition coefficient (Wildman–Crippen LogP) is 5.53. The van der Waals surface area contributed by atoms with Crippen molar-refractivity contribution in [2.45, 2.75) is 13.8 Å². The highest BCUT2D eigenvalue weighted by molar-refractivity contribution is 6.06. The summed E-state index contributed by atoms with van der Waals surface area (Å²) in [6.45, 7) is 3.95. The van der Waals surface area contributed by atoms with Crippen molar-refractivity contribution in [1.82, 2.24) is 4.98 Å². The maximum atomic E-state index is 13.2. The van der Waals surface area contributed by atoms with Gasteiger partial charge in [0, 0.05) is 10.9 Å². The van der Waals surface area contributed by atoms with E-state index in [1.807, 2.05) is 50.2 Å². The highest BCUT2D eigenvalue weighted by atomic mass is 16.5. The van der Waals surface area contributed by atoms with E-state index in [1.165, 1.54) is 7.11 Å². The van der Waals surface area contributed by atoms with Crippen LogP contribution in [0.5, 0.6) is 11.5 Å². The molecule has 1 aromatic heterocycles. The third-order valence-electron chi connectivity index (χ3n) is 5.34. The summed E-state index contributed by atoms with van der Waals surface area (Å²) >= 11 is 0. The smallest absolute Gasteiger partial charge is 0.344 e. The molecule has 0 N–H and O–H groups in total. The second kappa shape index (κ2) is 9.12. The molecular weight excluding hydrogens is 418 g/mol. The molecule has 0 aliphatic heterocycles. The highest BCUT2D eigenvalue weighted by Crippen LogP contribution is 2.30. The van der Waals surface area contributed by atoms with Gasteiger partial charge in [-0.1, -0.05) is 11.6 Å². The lowest BCUT2D eigenvalue weighted by Gasteiger charge is -2.13. The number of esters is 2. The normalized spacial score (nSPS) is 10.7. The van der Waals surface area contributed by atoms with Gasteiger partial charge in [-0.3, -0.25) is 0 Å². The number of rotatable bonds is 5. The Morgan fingerprint density at radius 1 is 0.788 bits per heavy atom. The fourth-order valence-corrected chi connectivity index (χ4v) is 3.70. The van der Waals surface area contributed by atoms with E-state index in [-0.39, 0.29) is 0 Å². The third kappa shape index (κ3) is 4.55. The van der Waals surface area contributed by atoms with Crippen LogP contribution >= 0.6 is 0 Å². The van der Waals surface area contributed by atoms with E-state index < -0.39 is 11.9 Å². The average Bonchev–Trinajstić information content (AvgIpc) is 2.83. The molecule has 0 atom stereocenters. The maximum absolute atomic E-state index is 13.2. The van der Waals surface area contributed by atoms with Crippen molar-refractivity contribution >= 4 is 22.8 Å². The lowest BCUT2D eigenvalue weighted by atomic mass is 10.00. The van der Waals surface area contributed by atoms with Gasteiger partial charge in [-0.15, -0.1) is 0 Å². The topological polar surface area (TPSA) is 74.7 Å². The van der Waals surface area contributed by atoms with Crippen molar-refractivity contribution in [1.29, 1.82) is 0 Å². The van der Waals surface area contributed by atoms with Crippen molar-refractivity contribution in [2.24, 2.45) is 0 Å². The Kier molecular flexibility index (Phi) is 6.09. The summed E-state index contributed by atoms with van der Waals surface area (Å²) in [5, 5.41) is 0.723. The Morgan fingerprint density at radius 2 is 1.45 bits per heavy atom. The van der Waals surface area contributed by atoms with E-state index in [0.717, 1.165) is 33.3 Å². The first-order chi connectivity index (χ1) is 15.9. The number of pyridine rings is 1. The second-order valence-electron chi connectivity index (χ2n) is 7.67. The molecule has 0 saturated carbocycles. The molecule has 0 saturated heterocycles. The van der Waals surface area contributed by atoms with E-state index in [4.69, 9.17) is 19.2 Å². The van der Waals surface area contributed by atoms with Crippen LogP contribution in [0.3, 0.4) is 0 Å². The minimum absolute atomic E-state index is 0.327. The SMILES string of the molecule is COC(=O)c1ccc(OC(=O)c2cc(-c3ccc(OC)cc3)nc3c(C)cc(C)cc23)cc1. The molecule has 4 aromatic rings. The summed E-state index contributed by atoms with van der Waals surface area (Å²) in [5.74, 6) is 0.102. The monoisotopic (exact) mass is 441 g/mol. The zero-order valence-corrected chi connectivity index (χ0v) is 18.8. The molecular formula is C27H23NO5. The van der Waals surface area contributed by atoms with Gasteiger partial charge < -0.3 is 14.2 Å². The molecule has 0 amide bonds. The quantitative estimate of drug-likeness (QED) is 0.299. The van der Waals surface area contributed by atoms with E-state index in [9.17, 15) is 9.59 Å². The minimum Gasteiger partial charge on any atom is -0.497 e. The Hall–Kier alpha value is -4.19. The number of ether oxygens (including phenoxy) is 3. The lowest BCUT2D eigenvalue weighted by Crippen LogP contribution is -2.11. The van der Waals surface area contributed by atoms with Crippen LogP contribution in [0.2, 0.25) is 0 Å². The predicted molar refractivity (Wildman–Crippen MR) is 126 cm³/mol. The summed E-state index contributed by atoms with van der Waals surface area (Å²) in [6, 6.07) is 19.4. The van der Waals surface area contributed by atoms with Crippen LogP contribution < -0.4 is 9.47 Å². The Morgan fingerprint density at radius 3 is 2.09 bits per heavy atom. The van der Waals surface area contributed by atoms with E-state index >= 15 is 0 Å². The number of carbonyl (C=O) groups is 2. The molecule has 0 unspecified atom stereocenters. The molecule has 33 heavy (non-hydrogen) atoms. The van der Waals surface area contributed by atoms with Crippen molar-refractivity contribution in [3.8, 4) is 22.8 Å². The number of methoxy groups -OCH3 is 2. The van der Waals surface area contributed by atoms with E-state index in [2.05, 4.69) is 0 Å². The molecule has 4 rings (SSSR count). The first kappa shape index (κ1) is 22.0. The molecule has 0 aliphatic carbocycles. The highest BCUT2D eigenvalue weighted by Gasteiger charge is 2.18. The van der Waals surface area contributed by atoms with Gasteiger partial charge in [0.05, 0.1) is 36.6 Å². The Bertz CT molecular complexity index is 1340. The van der Waals surface area contributed by atoms with Gasteiger partial charge in [0.2, 0.25) is 0 Å². The van der Waals surface area contributed by atoms with Crippen LogP contribution in [-0.2, 0) is 4.74 Å². The summed E-state index contributed by atoms with van der Waals surface area (Å²) in [7, 11) is 2.93. The standard InChI is InChI=1S/C27H23NO5/c1-16-13-17(2)25-22(14-16)23(15-24(28-25)18-5-9-20(31-3)10-6-18)27(30)33-21-11-7-19(8-12-21)26(29)32-4/h5-15H,1-4H3. The molecule has 6 heteroatoms. The van der Waals surface area contributed by atoms with Gasteiger partial charge >= 0.3 is 11.9 Å². The maximum Gasteiger partial charge on any atom is 0.344 e. The van der Waals surface area contributed by atoms with E-state index in [0.29, 0.717) is 22.6 Å².